The monoisotopic (exact) mass is 200 g/mol. The van der Waals surface area contributed by atoms with Gasteiger partial charge in [-0.1, -0.05) is 12.1 Å². The van der Waals surface area contributed by atoms with Crippen LogP contribution in [0.2, 0.25) is 0 Å². The molecule has 0 saturated heterocycles. The van der Waals surface area contributed by atoms with E-state index in [4.69, 9.17) is 5.73 Å². The quantitative estimate of drug-likeness (QED) is 0.690. The van der Waals surface area contributed by atoms with Crippen molar-refractivity contribution in [2.45, 2.75) is 5.75 Å². The molecule has 0 unspecified atom stereocenters. The Labute approximate surface area is 77.8 Å². The second kappa shape index (κ2) is 3.76. The number of benzene rings is 1. The third-order valence-electron chi connectivity index (χ3n) is 1.62. The maximum absolute atomic E-state index is 11.1. The topological polar surface area (TPSA) is 72.2 Å². The van der Waals surface area contributed by atoms with Crippen LogP contribution in [0.3, 0.4) is 0 Å². The van der Waals surface area contributed by atoms with Crippen LogP contribution < -0.4 is 10.5 Å². The fourth-order valence-corrected chi connectivity index (χ4v) is 1.74. The summed E-state index contributed by atoms with van der Waals surface area (Å²) in [6.07, 6.45) is 0. The van der Waals surface area contributed by atoms with Gasteiger partial charge in [-0.05, 0) is 24.7 Å². The summed E-state index contributed by atoms with van der Waals surface area (Å²) in [6, 6.07) is 6.82. The molecule has 0 atom stereocenters. The van der Waals surface area contributed by atoms with Crippen molar-refractivity contribution in [3.05, 3.63) is 29.8 Å². The lowest BCUT2D eigenvalue weighted by Crippen LogP contribution is -2.20. The largest absolute Gasteiger partial charge is 0.399 e. The number of nitrogen functional groups attached to an aromatic ring is 1. The minimum atomic E-state index is -3.19. The number of rotatable bonds is 3. The van der Waals surface area contributed by atoms with E-state index in [0.717, 1.165) is 0 Å². The zero-order valence-corrected chi connectivity index (χ0v) is 8.14. The third-order valence-corrected chi connectivity index (χ3v) is 2.95. The van der Waals surface area contributed by atoms with E-state index < -0.39 is 10.0 Å². The first kappa shape index (κ1) is 10.0. The Morgan fingerprint density at radius 1 is 1.46 bits per heavy atom. The zero-order chi connectivity index (χ0) is 9.90. The van der Waals surface area contributed by atoms with Crippen LogP contribution in [0.4, 0.5) is 5.69 Å². The first-order chi connectivity index (χ1) is 6.03. The molecule has 0 aliphatic rings. The molecule has 0 aliphatic carbocycles. The van der Waals surface area contributed by atoms with E-state index in [-0.39, 0.29) is 5.75 Å². The number of nitrogens with two attached hydrogens (primary N) is 1. The zero-order valence-electron chi connectivity index (χ0n) is 7.32. The van der Waals surface area contributed by atoms with E-state index in [0.29, 0.717) is 11.3 Å². The van der Waals surface area contributed by atoms with Crippen LogP contribution in [0.15, 0.2) is 24.3 Å². The van der Waals surface area contributed by atoms with Crippen molar-refractivity contribution >= 4 is 15.7 Å². The Bertz CT molecular complexity index is 387. The molecular weight excluding hydrogens is 188 g/mol. The van der Waals surface area contributed by atoms with E-state index >= 15 is 0 Å². The van der Waals surface area contributed by atoms with E-state index in [9.17, 15) is 8.42 Å². The summed E-state index contributed by atoms with van der Waals surface area (Å²) in [5.41, 5.74) is 6.77. The van der Waals surface area contributed by atoms with Gasteiger partial charge in [-0.25, -0.2) is 13.1 Å². The minimum absolute atomic E-state index is 0.0332. The molecule has 0 fully saturated rings. The van der Waals surface area contributed by atoms with E-state index in [1.165, 1.54) is 7.05 Å². The van der Waals surface area contributed by atoms with Gasteiger partial charge in [0.05, 0.1) is 5.75 Å². The maximum Gasteiger partial charge on any atom is 0.215 e. The van der Waals surface area contributed by atoms with Crippen molar-refractivity contribution in [2.24, 2.45) is 0 Å². The summed E-state index contributed by atoms with van der Waals surface area (Å²) in [7, 11) is -1.80. The molecule has 0 aromatic heterocycles. The van der Waals surface area contributed by atoms with Gasteiger partial charge < -0.3 is 5.73 Å². The fraction of sp³-hybridized carbons (Fsp3) is 0.250. The van der Waals surface area contributed by atoms with Crippen molar-refractivity contribution in [3.8, 4) is 0 Å². The Balaban J connectivity index is 2.87. The predicted molar refractivity (Wildman–Crippen MR) is 52.5 cm³/mol. The van der Waals surface area contributed by atoms with Crippen molar-refractivity contribution in [3.63, 3.8) is 0 Å². The molecule has 3 N–H and O–H groups in total. The lowest BCUT2D eigenvalue weighted by atomic mass is 10.2. The van der Waals surface area contributed by atoms with E-state index in [2.05, 4.69) is 4.72 Å². The smallest absolute Gasteiger partial charge is 0.215 e. The van der Waals surface area contributed by atoms with E-state index in [1.807, 2.05) is 0 Å². The molecule has 0 bridgehead atoms. The molecule has 0 heterocycles. The highest BCUT2D eigenvalue weighted by Gasteiger charge is 2.07. The first-order valence-electron chi connectivity index (χ1n) is 3.79. The summed E-state index contributed by atoms with van der Waals surface area (Å²) < 4.78 is 24.5. The minimum Gasteiger partial charge on any atom is -0.399 e. The van der Waals surface area contributed by atoms with Crippen molar-refractivity contribution in [2.75, 3.05) is 12.8 Å². The van der Waals surface area contributed by atoms with Gasteiger partial charge in [0.2, 0.25) is 10.0 Å². The van der Waals surface area contributed by atoms with Crippen LogP contribution in [-0.4, -0.2) is 15.5 Å². The molecule has 1 aromatic rings. The van der Waals surface area contributed by atoms with Gasteiger partial charge in [0.15, 0.2) is 0 Å². The normalized spacial score (nSPS) is 11.5. The Kier molecular flexibility index (Phi) is 2.90. The highest BCUT2D eigenvalue weighted by molar-refractivity contribution is 7.88. The summed E-state index contributed by atoms with van der Waals surface area (Å²) in [5.74, 6) is -0.0332. The number of sulfonamides is 1. The Hall–Kier alpha value is -1.07. The molecule has 5 heteroatoms. The fourth-order valence-electron chi connectivity index (χ4n) is 0.974. The SMILES string of the molecule is CNS(=O)(=O)Cc1cccc(N)c1. The maximum atomic E-state index is 11.1. The van der Waals surface area contributed by atoms with Gasteiger partial charge in [-0.3, -0.25) is 0 Å². The van der Waals surface area contributed by atoms with Gasteiger partial charge >= 0.3 is 0 Å². The molecule has 0 saturated carbocycles. The predicted octanol–water partition coefficient (Wildman–Crippen LogP) is 0.318. The van der Waals surface area contributed by atoms with Crippen LogP contribution in [-0.2, 0) is 15.8 Å². The second-order valence-corrected chi connectivity index (χ2v) is 4.63. The molecule has 4 nitrogen and oxygen atoms in total. The van der Waals surface area contributed by atoms with Gasteiger partial charge in [-0.15, -0.1) is 0 Å². The Morgan fingerprint density at radius 2 is 2.15 bits per heavy atom. The number of nitrogens with one attached hydrogen (secondary N) is 1. The van der Waals surface area contributed by atoms with Gasteiger partial charge in [0.25, 0.3) is 0 Å². The van der Waals surface area contributed by atoms with Crippen LogP contribution in [0.25, 0.3) is 0 Å². The molecule has 0 spiro atoms. The molecular formula is C8H12N2O2S. The molecule has 1 aromatic carbocycles. The third kappa shape index (κ3) is 3.04. The lowest BCUT2D eigenvalue weighted by Gasteiger charge is -2.02. The van der Waals surface area contributed by atoms with Crippen molar-refractivity contribution < 1.29 is 8.42 Å². The number of anilines is 1. The van der Waals surface area contributed by atoms with Crippen molar-refractivity contribution in [1.29, 1.82) is 0 Å². The van der Waals surface area contributed by atoms with Crippen molar-refractivity contribution in [1.82, 2.24) is 4.72 Å². The second-order valence-electron chi connectivity index (χ2n) is 2.71. The average molecular weight is 200 g/mol. The molecule has 1 rings (SSSR count). The lowest BCUT2D eigenvalue weighted by molar-refractivity contribution is 0.587. The van der Waals surface area contributed by atoms with Gasteiger partial charge in [-0.2, -0.15) is 0 Å². The van der Waals surface area contributed by atoms with Crippen LogP contribution in [0.5, 0.6) is 0 Å². The summed E-state index contributed by atoms with van der Waals surface area (Å²) >= 11 is 0. The van der Waals surface area contributed by atoms with Crippen LogP contribution in [0, 0.1) is 0 Å². The van der Waals surface area contributed by atoms with E-state index in [1.54, 1.807) is 24.3 Å². The highest BCUT2D eigenvalue weighted by Crippen LogP contribution is 2.09. The standard InChI is InChI=1S/C8H12N2O2S/c1-10-13(11,12)6-7-3-2-4-8(9)5-7/h2-5,10H,6,9H2,1H3. The Morgan fingerprint density at radius 3 is 2.69 bits per heavy atom. The summed E-state index contributed by atoms with van der Waals surface area (Å²) in [4.78, 5) is 0. The molecule has 13 heavy (non-hydrogen) atoms. The molecule has 0 aliphatic heterocycles. The van der Waals surface area contributed by atoms with Gasteiger partial charge in [0, 0.05) is 5.69 Å². The summed E-state index contributed by atoms with van der Waals surface area (Å²) in [6.45, 7) is 0. The molecule has 0 radical (unpaired) electrons. The summed E-state index contributed by atoms with van der Waals surface area (Å²) in [5, 5.41) is 0. The molecule has 0 amide bonds. The molecule has 72 valence electrons. The first-order valence-corrected chi connectivity index (χ1v) is 5.44. The van der Waals surface area contributed by atoms with Gasteiger partial charge in [0.1, 0.15) is 0 Å². The van der Waals surface area contributed by atoms with Crippen LogP contribution >= 0.6 is 0 Å². The average Bonchev–Trinajstić information content (AvgIpc) is 2.03. The highest BCUT2D eigenvalue weighted by atomic mass is 32.2. The number of hydrogen-bond acceptors (Lipinski definition) is 3. The van der Waals surface area contributed by atoms with Crippen LogP contribution in [0.1, 0.15) is 5.56 Å². The number of hydrogen-bond donors (Lipinski definition) is 2.